The zero-order valence-corrected chi connectivity index (χ0v) is 24.0. The fourth-order valence-electron chi connectivity index (χ4n) is 4.95. The lowest BCUT2D eigenvalue weighted by atomic mass is 9.90. The number of ether oxygens (including phenoxy) is 2. The summed E-state index contributed by atoms with van der Waals surface area (Å²) in [5.41, 5.74) is 3.48. The van der Waals surface area contributed by atoms with Gasteiger partial charge in [-0.15, -0.1) is 0 Å². The Kier molecular flexibility index (Phi) is 8.36. The second-order valence-electron chi connectivity index (χ2n) is 9.86. The molecule has 11 nitrogen and oxygen atoms in total. The van der Waals surface area contributed by atoms with Crippen molar-refractivity contribution >= 4 is 50.6 Å². The molecule has 2 aliphatic heterocycles. The van der Waals surface area contributed by atoms with Gasteiger partial charge in [-0.2, -0.15) is 0 Å². The van der Waals surface area contributed by atoms with Gasteiger partial charge in [0.05, 0.1) is 49.2 Å². The predicted molar refractivity (Wildman–Crippen MR) is 158 cm³/mol. The first-order chi connectivity index (χ1) is 20.2. The van der Waals surface area contributed by atoms with Crippen LogP contribution in [0.3, 0.4) is 0 Å². The standard InChI is InChI=1S/C30H30N4O7S/c1-40-30(37)21-8-13-24-25(18-21)32-29(36)27(24)28(20-6-4-3-5-7-20)31-22-9-11-23(12-10-22)34(42(2,38)39)19-26(35)33-14-16-41-17-15-33/h3-13,18,27H,14-17,19H2,1-2H3,(H,32,36). The molecule has 0 radical (unpaired) electrons. The van der Waals surface area contributed by atoms with E-state index in [0.717, 1.165) is 16.1 Å². The number of fused-ring (bicyclic) bond motifs is 1. The molecule has 0 saturated carbocycles. The van der Waals surface area contributed by atoms with E-state index in [-0.39, 0.29) is 18.4 Å². The molecule has 0 spiro atoms. The number of sulfonamides is 1. The Hall–Kier alpha value is -4.55. The lowest BCUT2D eigenvalue weighted by molar-refractivity contribution is -0.133. The number of carbonyl (C=O) groups excluding carboxylic acids is 3. The van der Waals surface area contributed by atoms with Crippen LogP contribution in [-0.4, -0.2) is 83.0 Å². The molecule has 5 rings (SSSR count). The summed E-state index contributed by atoms with van der Waals surface area (Å²) >= 11 is 0. The van der Waals surface area contributed by atoms with Crippen LogP contribution >= 0.6 is 0 Å². The number of nitrogens with one attached hydrogen (secondary N) is 1. The van der Waals surface area contributed by atoms with Crippen molar-refractivity contribution in [3.05, 3.63) is 89.5 Å². The topological polar surface area (TPSA) is 135 Å². The first-order valence-electron chi connectivity index (χ1n) is 13.3. The van der Waals surface area contributed by atoms with E-state index in [2.05, 4.69) is 5.32 Å². The van der Waals surface area contributed by atoms with Crippen LogP contribution in [0.15, 0.2) is 77.8 Å². The fourth-order valence-corrected chi connectivity index (χ4v) is 5.80. The van der Waals surface area contributed by atoms with Crippen molar-refractivity contribution in [3.8, 4) is 0 Å². The van der Waals surface area contributed by atoms with Crippen molar-refractivity contribution in [2.75, 3.05) is 55.8 Å². The van der Waals surface area contributed by atoms with Crippen LogP contribution in [0.4, 0.5) is 17.1 Å². The van der Waals surface area contributed by atoms with E-state index in [4.69, 9.17) is 14.5 Å². The zero-order chi connectivity index (χ0) is 29.9. The lowest BCUT2D eigenvalue weighted by Gasteiger charge is -2.30. The molecule has 2 aliphatic rings. The van der Waals surface area contributed by atoms with Gasteiger partial charge in [-0.05, 0) is 47.5 Å². The zero-order valence-electron chi connectivity index (χ0n) is 23.1. The molecule has 3 aromatic carbocycles. The summed E-state index contributed by atoms with van der Waals surface area (Å²) in [7, 11) is -2.47. The Morgan fingerprint density at radius 2 is 1.71 bits per heavy atom. The number of hydrogen-bond acceptors (Lipinski definition) is 8. The maximum Gasteiger partial charge on any atom is 0.337 e. The van der Waals surface area contributed by atoms with E-state index in [1.165, 1.54) is 7.11 Å². The molecule has 1 atom stereocenters. The molecule has 2 heterocycles. The molecule has 42 heavy (non-hydrogen) atoms. The lowest BCUT2D eigenvalue weighted by Crippen LogP contribution is -2.47. The molecular weight excluding hydrogens is 560 g/mol. The number of hydrogen-bond donors (Lipinski definition) is 1. The minimum atomic E-state index is -3.76. The van der Waals surface area contributed by atoms with Gasteiger partial charge in [-0.3, -0.25) is 18.9 Å². The van der Waals surface area contributed by atoms with E-state index < -0.39 is 21.9 Å². The third-order valence-corrected chi connectivity index (χ3v) is 8.22. The largest absolute Gasteiger partial charge is 0.465 e. The Morgan fingerprint density at radius 1 is 1.02 bits per heavy atom. The van der Waals surface area contributed by atoms with Crippen LogP contribution in [0.25, 0.3) is 0 Å². The minimum absolute atomic E-state index is 0.295. The minimum Gasteiger partial charge on any atom is -0.465 e. The number of methoxy groups -OCH3 is 1. The van der Waals surface area contributed by atoms with Gasteiger partial charge < -0.3 is 19.7 Å². The number of benzene rings is 3. The Balaban J connectivity index is 1.48. The SMILES string of the molecule is COC(=O)c1ccc2c(c1)NC(=O)C2C(=Nc1ccc(N(CC(=O)N2CCOCC2)S(C)(=O)=O)cc1)c1ccccc1. The number of rotatable bonds is 8. The highest BCUT2D eigenvalue weighted by Crippen LogP contribution is 2.37. The molecule has 1 unspecified atom stereocenters. The summed E-state index contributed by atoms with van der Waals surface area (Å²) in [6.45, 7) is 1.32. The van der Waals surface area contributed by atoms with Gasteiger partial charge in [-0.1, -0.05) is 36.4 Å². The Bertz CT molecular complexity index is 1630. The molecule has 1 N–H and O–H groups in total. The summed E-state index contributed by atoms with van der Waals surface area (Å²) in [4.78, 5) is 44.5. The molecule has 0 aliphatic carbocycles. The molecule has 3 aromatic rings. The van der Waals surface area contributed by atoms with E-state index >= 15 is 0 Å². The van der Waals surface area contributed by atoms with Gasteiger partial charge in [0.15, 0.2) is 0 Å². The molecule has 12 heteroatoms. The highest BCUT2D eigenvalue weighted by molar-refractivity contribution is 7.92. The average molecular weight is 591 g/mol. The monoisotopic (exact) mass is 590 g/mol. The predicted octanol–water partition coefficient (Wildman–Crippen LogP) is 2.95. The number of esters is 1. The highest BCUT2D eigenvalue weighted by Gasteiger charge is 2.36. The van der Waals surface area contributed by atoms with Gasteiger partial charge in [0.2, 0.25) is 21.8 Å². The Morgan fingerprint density at radius 3 is 2.36 bits per heavy atom. The van der Waals surface area contributed by atoms with E-state index in [1.54, 1.807) is 47.4 Å². The van der Waals surface area contributed by atoms with Crippen LogP contribution in [0.1, 0.15) is 27.4 Å². The Labute approximate surface area is 243 Å². The summed E-state index contributed by atoms with van der Waals surface area (Å²) in [5.74, 6) is -1.87. The molecule has 0 bridgehead atoms. The van der Waals surface area contributed by atoms with Gasteiger partial charge in [0.25, 0.3) is 0 Å². The smallest absolute Gasteiger partial charge is 0.337 e. The van der Waals surface area contributed by atoms with Gasteiger partial charge >= 0.3 is 5.97 Å². The number of anilines is 2. The first-order valence-corrected chi connectivity index (χ1v) is 15.1. The molecule has 1 saturated heterocycles. The highest BCUT2D eigenvalue weighted by atomic mass is 32.2. The number of nitrogens with zero attached hydrogens (tertiary/aromatic N) is 3. The van der Waals surface area contributed by atoms with Crippen molar-refractivity contribution in [1.82, 2.24) is 4.90 Å². The third-order valence-electron chi connectivity index (χ3n) is 7.08. The van der Waals surface area contributed by atoms with Crippen molar-refractivity contribution in [3.63, 3.8) is 0 Å². The van der Waals surface area contributed by atoms with Crippen molar-refractivity contribution < 1.29 is 32.3 Å². The van der Waals surface area contributed by atoms with Crippen LogP contribution < -0.4 is 9.62 Å². The summed E-state index contributed by atoms with van der Waals surface area (Å²) in [6.07, 6.45) is 1.06. The van der Waals surface area contributed by atoms with Crippen LogP contribution in [0.2, 0.25) is 0 Å². The second kappa shape index (κ2) is 12.1. The number of carbonyl (C=O) groups is 3. The molecular formula is C30H30N4O7S. The molecule has 1 fully saturated rings. The number of aliphatic imine (C=N–C) groups is 1. The second-order valence-corrected chi connectivity index (χ2v) is 11.8. The molecule has 218 valence electrons. The van der Waals surface area contributed by atoms with Crippen LogP contribution in [-0.2, 0) is 29.1 Å². The van der Waals surface area contributed by atoms with Gasteiger partial charge in [0.1, 0.15) is 12.5 Å². The van der Waals surface area contributed by atoms with Gasteiger partial charge in [-0.25, -0.2) is 13.2 Å². The maximum atomic E-state index is 13.2. The summed E-state index contributed by atoms with van der Waals surface area (Å²) in [6, 6.07) is 20.6. The van der Waals surface area contributed by atoms with Crippen molar-refractivity contribution in [2.24, 2.45) is 4.99 Å². The maximum absolute atomic E-state index is 13.2. The first kappa shape index (κ1) is 29.0. The summed E-state index contributed by atoms with van der Waals surface area (Å²) < 4.78 is 36.4. The normalized spacial score (nSPS) is 16.9. The third kappa shape index (κ3) is 6.19. The quantitative estimate of drug-likeness (QED) is 0.315. The molecule has 2 amide bonds. The summed E-state index contributed by atoms with van der Waals surface area (Å²) in [5, 5.41) is 2.84. The van der Waals surface area contributed by atoms with E-state index in [9.17, 15) is 22.8 Å². The number of morpholine rings is 1. The van der Waals surface area contributed by atoms with Crippen LogP contribution in [0, 0.1) is 0 Å². The van der Waals surface area contributed by atoms with Crippen molar-refractivity contribution in [2.45, 2.75) is 5.92 Å². The van der Waals surface area contributed by atoms with Crippen molar-refractivity contribution in [1.29, 1.82) is 0 Å². The number of amides is 2. The average Bonchev–Trinajstić information content (AvgIpc) is 3.33. The van der Waals surface area contributed by atoms with E-state index in [0.29, 0.717) is 60.2 Å². The molecule has 0 aromatic heterocycles. The fraction of sp³-hybridized carbons (Fsp3) is 0.267. The van der Waals surface area contributed by atoms with E-state index in [1.807, 2.05) is 30.3 Å². The van der Waals surface area contributed by atoms with Crippen LogP contribution in [0.5, 0.6) is 0 Å². The van der Waals surface area contributed by atoms with Gasteiger partial charge in [0, 0.05) is 18.8 Å².